The van der Waals surface area contributed by atoms with Gasteiger partial charge in [0.2, 0.25) is 23.5 Å². The fourth-order valence-electron chi connectivity index (χ4n) is 9.69. The highest BCUT2D eigenvalue weighted by atomic mass is 16.6. The molecule has 0 radical (unpaired) electrons. The molecule has 4 atom stereocenters. The quantitative estimate of drug-likeness (QED) is 0.0655. The van der Waals surface area contributed by atoms with Gasteiger partial charge in [-0.2, -0.15) is 9.97 Å². The van der Waals surface area contributed by atoms with Crippen molar-refractivity contribution in [1.82, 2.24) is 56.7 Å². The molecule has 0 saturated carbocycles. The predicted octanol–water partition coefficient (Wildman–Crippen LogP) is 10.1. The van der Waals surface area contributed by atoms with Gasteiger partial charge >= 0.3 is 24.4 Å². The number of aryl methyl sites for hydroxylation is 4. The van der Waals surface area contributed by atoms with Crippen molar-refractivity contribution in [1.29, 1.82) is 0 Å². The standard InChI is InChI=1S/C19H21N3O4.C18H22N4O5.2C17H20N4O5/c1-19(2,3)26-18(24)22-15-11-25-16-8-7-12(10-14(16)21-17(15)23)13-6-4-5-9-20-13;1-9-6-14-12(7-11(9)16-22-21-10(2)26-16)19-15(23)13(8-25-14)20-17(24)27-18(3,4)5;1-9-18-15(26-21-9)10-5-6-13-11(7-10)19-14(22)12(8-24-13)20-16(23)25-17(2,3)4;1-9-18-14(21-26-9)10-5-6-13-11(7-10)19-15(22)12(8-24-13)20-16(23)25-17(2,3)4/h4-10,15H,11H2,1-3H3,(H,21,23)(H,22,24);6-7,13H,8H2,1-5H3,(H,19,23)(H,20,24);2*5-7,12H,8H2,1-4H3,(H,19,22)(H,20,23)/t15-;13-;2*12-/m0000/s1. The lowest BCUT2D eigenvalue weighted by Gasteiger charge is -2.22. The molecule has 0 bridgehead atoms. The Morgan fingerprint density at radius 3 is 1.23 bits per heavy atom. The van der Waals surface area contributed by atoms with Crippen LogP contribution in [0.1, 0.15) is 106 Å². The average Bonchev–Trinajstić information content (AvgIpc) is 1.73. The number of alkyl carbamates (subject to hydrolysis) is 4. The van der Waals surface area contributed by atoms with E-state index in [1.807, 2.05) is 31.2 Å². The molecule has 34 nitrogen and oxygen atoms in total. The molecule has 0 unspecified atom stereocenters. The van der Waals surface area contributed by atoms with Crippen LogP contribution in [0, 0.1) is 27.7 Å². The summed E-state index contributed by atoms with van der Waals surface area (Å²) in [6, 6.07) is 21.3. The number of rotatable bonds is 8. The first-order valence-corrected chi connectivity index (χ1v) is 33.0. The maximum Gasteiger partial charge on any atom is 0.408 e. The monoisotopic (exact) mass is 1450 g/mol. The maximum absolute atomic E-state index is 12.5. The largest absolute Gasteiger partial charge is 0.489 e. The lowest BCUT2D eigenvalue weighted by Crippen LogP contribution is -2.48. The van der Waals surface area contributed by atoms with Crippen molar-refractivity contribution in [3.8, 4) is 68.6 Å². The molecule has 8 amide bonds. The van der Waals surface area contributed by atoms with Crippen LogP contribution in [0.4, 0.5) is 41.9 Å². The minimum atomic E-state index is -0.887. The summed E-state index contributed by atoms with van der Waals surface area (Å²) in [5.41, 5.74) is 3.78. The Morgan fingerprint density at radius 1 is 0.438 bits per heavy atom. The second-order valence-electron chi connectivity index (χ2n) is 27.9. The summed E-state index contributed by atoms with van der Waals surface area (Å²) in [5, 5.41) is 36.5. The summed E-state index contributed by atoms with van der Waals surface area (Å²) < 4.78 is 59.0. The van der Waals surface area contributed by atoms with E-state index in [-0.39, 0.29) is 32.3 Å². The van der Waals surface area contributed by atoms with Crippen molar-refractivity contribution in [2.75, 3.05) is 47.7 Å². The van der Waals surface area contributed by atoms with Crippen LogP contribution in [0.25, 0.3) is 45.6 Å². The zero-order valence-corrected chi connectivity index (χ0v) is 60.7. The molecule has 0 saturated heterocycles. The number of hydrogen-bond donors (Lipinski definition) is 8. The molecule has 8 heterocycles. The molecule has 4 aliphatic rings. The van der Waals surface area contributed by atoms with Gasteiger partial charge in [0.15, 0.2) is 5.82 Å². The number of carbonyl (C=O) groups excluding carboxylic acids is 8. The van der Waals surface area contributed by atoms with E-state index in [1.165, 1.54) is 0 Å². The first kappa shape index (κ1) is 76.8. The fourth-order valence-corrected chi connectivity index (χ4v) is 9.69. The number of aromatic nitrogens is 7. The van der Waals surface area contributed by atoms with E-state index in [0.717, 1.165) is 16.8 Å². The maximum atomic E-state index is 12.5. The van der Waals surface area contributed by atoms with Crippen LogP contribution >= 0.6 is 0 Å². The molecule has 556 valence electrons. The molecule has 12 rings (SSSR count). The topological polar surface area (TPSA) is 436 Å². The summed E-state index contributed by atoms with van der Waals surface area (Å²) in [4.78, 5) is 110. The third-order valence-corrected chi connectivity index (χ3v) is 14.2. The van der Waals surface area contributed by atoms with E-state index in [1.54, 1.807) is 171 Å². The molecule has 105 heavy (non-hydrogen) atoms. The molecule has 4 aromatic carbocycles. The van der Waals surface area contributed by atoms with E-state index in [2.05, 4.69) is 78.0 Å². The Kier molecular flexibility index (Phi) is 23.6. The lowest BCUT2D eigenvalue weighted by atomic mass is 10.1. The second-order valence-corrected chi connectivity index (χ2v) is 27.9. The molecule has 8 N–H and O–H groups in total. The zero-order valence-electron chi connectivity index (χ0n) is 60.7. The molecular weight excluding hydrogens is 1370 g/mol. The summed E-state index contributed by atoms with van der Waals surface area (Å²) in [6.07, 6.45) is -1.02. The van der Waals surface area contributed by atoms with Gasteiger partial charge in [-0.15, -0.1) is 10.2 Å². The van der Waals surface area contributed by atoms with E-state index in [9.17, 15) is 38.4 Å². The van der Waals surface area contributed by atoms with Crippen molar-refractivity contribution < 1.29 is 89.7 Å². The van der Waals surface area contributed by atoms with Crippen molar-refractivity contribution >= 4 is 70.8 Å². The van der Waals surface area contributed by atoms with Crippen LogP contribution in [-0.4, -0.2) is 156 Å². The van der Waals surface area contributed by atoms with Gasteiger partial charge < -0.3 is 93.9 Å². The number of amides is 8. The molecule has 0 fully saturated rings. The Hall–Kier alpha value is -12.4. The van der Waals surface area contributed by atoms with Gasteiger partial charge in [-0.05, 0) is 181 Å². The number of carbonyl (C=O) groups is 8. The first-order valence-electron chi connectivity index (χ1n) is 33.0. The highest BCUT2D eigenvalue weighted by Gasteiger charge is 2.34. The minimum absolute atomic E-state index is 0.0149. The number of ether oxygens (including phenoxy) is 8. The summed E-state index contributed by atoms with van der Waals surface area (Å²) >= 11 is 0. The van der Waals surface area contributed by atoms with Crippen molar-refractivity contribution in [3.63, 3.8) is 0 Å². The Labute approximate surface area is 602 Å². The Morgan fingerprint density at radius 2 is 0.848 bits per heavy atom. The van der Waals surface area contributed by atoms with E-state index in [4.69, 9.17) is 51.4 Å². The molecule has 8 aromatic rings. The summed E-state index contributed by atoms with van der Waals surface area (Å²) in [7, 11) is 0. The van der Waals surface area contributed by atoms with Crippen LogP contribution in [0.3, 0.4) is 0 Å². The van der Waals surface area contributed by atoms with Gasteiger partial charge in [0.25, 0.3) is 29.5 Å². The molecular formula is C71H83N15O19. The lowest BCUT2D eigenvalue weighted by molar-refractivity contribution is -0.119. The van der Waals surface area contributed by atoms with Gasteiger partial charge in [0.05, 0.1) is 28.4 Å². The number of benzene rings is 4. The number of nitrogens with zero attached hydrogens (tertiary/aromatic N) is 7. The van der Waals surface area contributed by atoms with Crippen LogP contribution in [0.15, 0.2) is 105 Å². The summed E-state index contributed by atoms with van der Waals surface area (Å²) in [6.45, 7) is 27.9. The number of anilines is 4. The van der Waals surface area contributed by atoms with Gasteiger partial charge in [-0.3, -0.25) is 24.2 Å². The fraction of sp³-hybridized carbons (Fsp3) is 0.394. The van der Waals surface area contributed by atoms with Crippen molar-refractivity contribution in [2.24, 2.45) is 0 Å². The predicted molar refractivity (Wildman–Crippen MR) is 377 cm³/mol. The minimum Gasteiger partial charge on any atom is -0.489 e. The zero-order chi connectivity index (χ0) is 76.3. The van der Waals surface area contributed by atoms with E-state index in [0.29, 0.717) is 97.6 Å². The van der Waals surface area contributed by atoms with Gasteiger partial charge in [-0.1, -0.05) is 16.4 Å². The second kappa shape index (κ2) is 32.3. The number of nitrogens with one attached hydrogen (secondary N) is 8. The average molecular weight is 1450 g/mol. The Balaban J connectivity index is 0.000000162. The van der Waals surface area contributed by atoms with Gasteiger partial charge in [0, 0.05) is 42.3 Å². The third kappa shape index (κ3) is 22.3. The highest BCUT2D eigenvalue weighted by molar-refractivity contribution is 6.02. The van der Waals surface area contributed by atoms with Gasteiger partial charge in [-0.25, -0.2) is 19.2 Å². The van der Waals surface area contributed by atoms with Crippen molar-refractivity contribution in [3.05, 3.63) is 114 Å². The smallest absolute Gasteiger partial charge is 0.408 e. The van der Waals surface area contributed by atoms with E-state index >= 15 is 0 Å². The van der Waals surface area contributed by atoms with Gasteiger partial charge in [0.1, 0.15) is 96.0 Å². The van der Waals surface area contributed by atoms with Crippen LogP contribution in [-0.2, 0) is 38.1 Å². The van der Waals surface area contributed by atoms with Crippen LogP contribution in [0.5, 0.6) is 23.0 Å². The van der Waals surface area contributed by atoms with Crippen molar-refractivity contribution in [2.45, 2.75) is 157 Å². The third-order valence-electron chi connectivity index (χ3n) is 14.2. The molecule has 0 spiro atoms. The molecule has 0 aliphatic carbocycles. The first-order chi connectivity index (χ1) is 49.4. The highest BCUT2D eigenvalue weighted by Crippen LogP contribution is 2.37. The molecule has 34 heteroatoms. The Bertz CT molecular complexity index is 4370. The number of pyridine rings is 1. The number of hydrogen-bond acceptors (Lipinski definition) is 26. The summed E-state index contributed by atoms with van der Waals surface area (Å²) in [5.74, 6) is 2.90. The van der Waals surface area contributed by atoms with Crippen LogP contribution < -0.4 is 61.5 Å². The molecule has 4 aromatic heterocycles. The SMILES string of the molecule is CC(C)(C)OC(=O)N[C@H]1COc2ccc(-c3ccccn3)cc2NC1=O.Cc1nc(-c2ccc3c(c2)NC(=O)[C@@H](NC(=O)OC(C)(C)C)CO3)no1.Cc1nnc(-c2cc3c(cc2C)OC[C@H](NC(=O)OC(C)(C)C)C(=O)N3)o1.Cc1noc(-c2ccc3c(c2)NC(=O)[C@@H](NC(=O)OC(C)(C)C)CO3)n1. The van der Waals surface area contributed by atoms with E-state index < -0.39 is 88.7 Å². The molecule has 4 aliphatic heterocycles. The number of fused-ring (bicyclic) bond motifs is 4. The normalized spacial score (nSPS) is 16.7. The van der Waals surface area contributed by atoms with Crippen LogP contribution in [0.2, 0.25) is 0 Å².